The highest BCUT2D eigenvalue weighted by Gasteiger charge is 2.17. The number of Topliss-reactive ketones (excluding diaryl/α,β-unsaturated/α-hetero) is 1. The van der Waals surface area contributed by atoms with Crippen molar-refractivity contribution in [2.24, 2.45) is 5.73 Å². The number of pyridine rings is 1. The molecule has 0 bridgehead atoms. The van der Waals surface area contributed by atoms with E-state index in [1.165, 1.54) is 13.2 Å². The predicted octanol–water partition coefficient (Wildman–Crippen LogP) is 4.25. The predicted molar refractivity (Wildman–Crippen MR) is 127 cm³/mol. The lowest BCUT2D eigenvalue weighted by atomic mass is 10.0. The van der Waals surface area contributed by atoms with Crippen molar-refractivity contribution in [1.29, 1.82) is 0 Å². The van der Waals surface area contributed by atoms with E-state index in [9.17, 15) is 9.18 Å². The van der Waals surface area contributed by atoms with Gasteiger partial charge in [-0.25, -0.2) is 9.37 Å². The zero-order chi connectivity index (χ0) is 24.7. The van der Waals surface area contributed by atoms with Crippen LogP contribution in [0.1, 0.15) is 40.5 Å². The fraction of sp³-hybridized carbons (Fsp3) is 0.308. The standard InChI is InChI=1S/C26H29FN2O5/c1-16-14-18(4-6-19(16)27)26-24(32-2)11-8-21(29-26)20(28)7-9-22(31)17-5-10-23(34-13-12-30)25(15-17)33-3/h4-6,8,10-11,14-15,20,30H,7,9,12-13,28H2,1-3H3. The van der Waals surface area contributed by atoms with Crippen molar-refractivity contribution in [2.45, 2.75) is 25.8 Å². The van der Waals surface area contributed by atoms with Crippen LogP contribution in [0.4, 0.5) is 4.39 Å². The largest absolute Gasteiger partial charge is 0.494 e. The average Bonchev–Trinajstić information content (AvgIpc) is 2.86. The number of carbonyl (C=O) groups excluding carboxylic acids is 1. The lowest BCUT2D eigenvalue weighted by molar-refractivity contribution is 0.0977. The van der Waals surface area contributed by atoms with E-state index in [1.807, 2.05) is 0 Å². The molecule has 34 heavy (non-hydrogen) atoms. The van der Waals surface area contributed by atoms with Crippen LogP contribution >= 0.6 is 0 Å². The van der Waals surface area contributed by atoms with Crippen molar-refractivity contribution in [1.82, 2.24) is 4.98 Å². The van der Waals surface area contributed by atoms with Crippen LogP contribution in [0, 0.1) is 12.7 Å². The Morgan fingerprint density at radius 1 is 1.06 bits per heavy atom. The van der Waals surface area contributed by atoms with Crippen LogP contribution in [0.2, 0.25) is 0 Å². The number of aromatic nitrogens is 1. The average molecular weight is 469 g/mol. The van der Waals surface area contributed by atoms with Crippen LogP contribution in [0.3, 0.4) is 0 Å². The first-order valence-corrected chi connectivity index (χ1v) is 10.9. The summed E-state index contributed by atoms with van der Waals surface area (Å²) in [4.78, 5) is 17.4. The van der Waals surface area contributed by atoms with Crippen LogP contribution in [-0.4, -0.2) is 43.3 Å². The molecule has 0 amide bonds. The first-order chi connectivity index (χ1) is 16.4. The van der Waals surface area contributed by atoms with Gasteiger partial charge in [0.05, 0.1) is 26.5 Å². The molecule has 3 aromatic rings. The fourth-order valence-electron chi connectivity index (χ4n) is 3.53. The summed E-state index contributed by atoms with van der Waals surface area (Å²) in [6.07, 6.45) is 0.588. The third-order valence-corrected chi connectivity index (χ3v) is 5.43. The molecular formula is C26H29FN2O5. The van der Waals surface area contributed by atoms with Gasteiger partial charge in [0.25, 0.3) is 0 Å². The number of ether oxygens (including phenoxy) is 3. The van der Waals surface area contributed by atoms with Gasteiger partial charge in [0.2, 0.25) is 0 Å². The maximum atomic E-state index is 13.7. The van der Waals surface area contributed by atoms with Crippen LogP contribution in [0.25, 0.3) is 11.3 Å². The van der Waals surface area contributed by atoms with Gasteiger partial charge in [-0.15, -0.1) is 0 Å². The molecule has 3 N–H and O–H groups in total. The van der Waals surface area contributed by atoms with Gasteiger partial charge in [-0.05, 0) is 67.4 Å². The minimum atomic E-state index is -0.482. The third kappa shape index (κ3) is 5.89. The second kappa shape index (κ2) is 11.6. The SMILES string of the molecule is COc1cc(C(=O)CCC(N)c2ccc(OC)c(-c3ccc(F)c(C)c3)n2)ccc1OCCO. The van der Waals surface area contributed by atoms with Crippen molar-refractivity contribution >= 4 is 5.78 Å². The first kappa shape index (κ1) is 25.1. The van der Waals surface area contributed by atoms with Gasteiger partial charge in [0.1, 0.15) is 23.9 Å². The molecule has 0 spiro atoms. The van der Waals surface area contributed by atoms with Crippen molar-refractivity contribution < 1.29 is 28.5 Å². The van der Waals surface area contributed by atoms with Crippen LogP contribution < -0.4 is 19.9 Å². The molecule has 1 aromatic heterocycles. The van der Waals surface area contributed by atoms with E-state index in [1.54, 1.807) is 56.5 Å². The van der Waals surface area contributed by atoms with Gasteiger partial charge in [0.15, 0.2) is 17.3 Å². The summed E-state index contributed by atoms with van der Waals surface area (Å²) in [5.41, 5.74) is 9.24. The molecule has 1 unspecified atom stereocenters. The number of methoxy groups -OCH3 is 2. The number of halogens is 1. The molecule has 0 aliphatic rings. The number of benzene rings is 2. The normalized spacial score (nSPS) is 11.7. The number of hydrogen-bond donors (Lipinski definition) is 2. The molecule has 7 nitrogen and oxygen atoms in total. The maximum absolute atomic E-state index is 13.7. The number of aliphatic hydroxyl groups excluding tert-OH is 1. The number of aryl methyl sites for hydroxylation is 1. The van der Waals surface area contributed by atoms with E-state index >= 15 is 0 Å². The molecule has 1 atom stereocenters. The number of nitrogens with zero attached hydrogens (tertiary/aromatic N) is 1. The van der Waals surface area contributed by atoms with Crippen LogP contribution in [0.15, 0.2) is 48.5 Å². The van der Waals surface area contributed by atoms with E-state index in [-0.39, 0.29) is 31.2 Å². The Hall–Kier alpha value is -3.49. The van der Waals surface area contributed by atoms with Gasteiger partial charge >= 0.3 is 0 Å². The Balaban J connectivity index is 1.74. The summed E-state index contributed by atoms with van der Waals surface area (Å²) in [5, 5.41) is 8.93. The zero-order valence-electron chi connectivity index (χ0n) is 19.5. The van der Waals surface area contributed by atoms with E-state index < -0.39 is 6.04 Å². The monoisotopic (exact) mass is 468 g/mol. The Bertz CT molecular complexity index is 1150. The van der Waals surface area contributed by atoms with Crippen molar-refractivity contribution in [3.63, 3.8) is 0 Å². The topological polar surface area (TPSA) is 104 Å². The highest BCUT2D eigenvalue weighted by atomic mass is 19.1. The van der Waals surface area contributed by atoms with E-state index in [0.717, 1.165) is 5.56 Å². The lowest BCUT2D eigenvalue weighted by Crippen LogP contribution is -2.15. The molecule has 0 radical (unpaired) electrons. The second-order valence-corrected chi connectivity index (χ2v) is 7.76. The fourth-order valence-corrected chi connectivity index (χ4v) is 3.53. The van der Waals surface area contributed by atoms with Crippen molar-refractivity contribution in [2.75, 3.05) is 27.4 Å². The molecule has 0 aliphatic carbocycles. The highest BCUT2D eigenvalue weighted by Crippen LogP contribution is 2.32. The smallest absolute Gasteiger partial charge is 0.163 e. The molecule has 8 heteroatoms. The number of carbonyl (C=O) groups is 1. The van der Waals surface area contributed by atoms with E-state index in [2.05, 4.69) is 4.98 Å². The van der Waals surface area contributed by atoms with Gasteiger partial charge in [0, 0.05) is 23.6 Å². The van der Waals surface area contributed by atoms with E-state index in [0.29, 0.717) is 46.2 Å². The number of nitrogens with two attached hydrogens (primary N) is 1. The van der Waals surface area contributed by atoms with Gasteiger partial charge in [-0.2, -0.15) is 0 Å². The minimum absolute atomic E-state index is 0.0923. The third-order valence-electron chi connectivity index (χ3n) is 5.43. The number of ketones is 1. The summed E-state index contributed by atoms with van der Waals surface area (Å²) in [6.45, 7) is 1.70. The Morgan fingerprint density at radius 3 is 2.47 bits per heavy atom. The van der Waals surface area contributed by atoms with Crippen molar-refractivity contribution in [3.05, 3.63) is 71.2 Å². The van der Waals surface area contributed by atoms with Crippen LogP contribution in [0.5, 0.6) is 17.2 Å². The molecular weight excluding hydrogens is 439 g/mol. The molecule has 0 saturated carbocycles. The molecule has 2 aromatic carbocycles. The molecule has 180 valence electrons. The zero-order valence-corrected chi connectivity index (χ0v) is 19.5. The molecule has 0 aliphatic heterocycles. The number of hydrogen-bond acceptors (Lipinski definition) is 7. The maximum Gasteiger partial charge on any atom is 0.163 e. The summed E-state index contributed by atoms with van der Waals surface area (Å²) < 4.78 is 29.8. The molecule has 0 fully saturated rings. The van der Waals surface area contributed by atoms with Gasteiger partial charge < -0.3 is 25.1 Å². The number of aliphatic hydroxyl groups is 1. The van der Waals surface area contributed by atoms with Gasteiger partial charge in [-0.3, -0.25) is 4.79 Å². The Morgan fingerprint density at radius 2 is 1.79 bits per heavy atom. The minimum Gasteiger partial charge on any atom is -0.494 e. The summed E-state index contributed by atoms with van der Waals surface area (Å²) in [6, 6.07) is 12.7. The lowest BCUT2D eigenvalue weighted by Gasteiger charge is -2.15. The quantitative estimate of drug-likeness (QED) is 0.406. The Kier molecular flexibility index (Phi) is 8.56. The second-order valence-electron chi connectivity index (χ2n) is 7.76. The summed E-state index contributed by atoms with van der Waals surface area (Å²) >= 11 is 0. The van der Waals surface area contributed by atoms with Crippen LogP contribution in [-0.2, 0) is 0 Å². The van der Waals surface area contributed by atoms with E-state index in [4.69, 9.17) is 25.1 Å². The summed E-state index contributed by atoms with van der Waals surface area (Å²) in [5.74, 6) is 1.04. The first-order valence-electron chi connectivity index (χ1n) is 10.9. The molecule has 0 saturated heterocycles. The molecule has 1 heterocycles. The number of rotatable bonds is 11. The molecule has 3 rings (SSSR count). The van der Waals surface area contributed by atoms with Gasteiger partial charge in [-0.1, -0.05) is 0 Å². The Labute approximate surface area is 198 Å². The van der Waals surface area contributed by atoms with Crippen molar-refractivity contribution in [3.8, 4) is 28.5 Å². The highest BCUT2D eigenvalue weighted by molar-refractivity contribution is 5.96. The summed E-state index contributed by atoms with van der Waals surface area (Å²) in [7, 11) is 3.03.